The summed E-state index contributed by atoms with van der Waals surface area (Å²) in [6.45, 7) is 0.561. The number of amides is 1. The Balaban J connectivity index is 1.59. The van der Waals surface area contributed by atoms with Crippen LogP contribution in [0.1, 0.15) is 11.1 Å². The number of hydrogen-bond donors (Lipinski definition) is 2. The molecule has 2 aromatic heterocycles. The number of carbonyl (C=O) groups excluding carboxylic acids is 1. The normalized spacial score (nSPS) is 11.2. The maximum absolute atomic E-state index is 14.0. The maximum atomic E-state index is 14.0. The highest BCUT2D eigenvalue weighted by Gasteiger charge is 2.24. The minimum atomic E-state index is -4.26. The number of ether oxygens (including phenoxy) is 1. The second-order valence-corrected chi connectivity index (χ2v) is 8.76. The lowest BCUT2D eigenvalue weighted by atomic mass is 10.1. The van der Waals surface area contributed by atoms with Gasteiger partial charge in [-0.25, -0.2) is 12.8 Å². The molecule has 0 saturated carbocycles. The van der Waals surface area contributed by atoms with Crippen LogP contribution < -0.4 is 14.8 Å². The second-order valence-electron chi connectivity index (χ2n) is 7.11. The summed E-state index contributed by atoms with van der Waals surface area (Å²) in [7, 11) is -2.84. The highest BCUT2D eigenvalue weighted by atomic mass is 32.2. The van der Waals surface area contributed by atoms with Gasteiger partial charge in [-0.1, -0.05) is 17.3 Å². The zero-order chi connectivity index (χ0) is 24.3. The number of hydrogen-bond acceptors (Lipinski definition) is 7. The van der Waals surface area contributed by atoms with Crippen molar-refractivity contribution in [2.45, 2.75) is 18.0 Å². The molecule has 12 heteroatoms. The number of rotatable bonds is 8. The summed E-state index contributed by atoms with van der Waals surface area (Å²) in [5, 5.41) is 10.9. The SMILES string of the molecule is C#CC(=O)NCc1cnn(Cc2cc(OC)c3c(NS(=O)(=O)c4ccccc4F)noc3c2)c1. The van der Waals surface area contributed by atoms with E-state index >= 15 is 0 Å². The standard InChI is InChI=1S/C22H18FN5O5S/c1-3-20(29)24-10-15-11-25-28(13-15)12-14-8-17(32-2)21-18(9-14)33-26-22(21)27-34(30,31)19-7-5-4-6-16(19)23/h1,4-9,11,13H,10,12H2,2H3,(H,24,29)(H,26,27). The number of benzene rings is 2. The van der Waals surface area contributed by atoms with Gasteiger partial charge in [0.1, 0.15) is 21.8 Å². The second kappa shape index (κ2) is 9.24. The molecule has 2 N–H and O–H groups in total. The molecule has 34 heavy (non-hydrogen) atoms. The third-order valence-corrected chi connectivity index (χ3v) is 6.16. The van der Waals surface area contributed by atoms with E-state index in [1.54, 1.807) is 29.2 Å². The number of nitrogens with zero attached hydrogens (tertiary/aromatic N) is 3. The Morgan fingerprint density at radius 1 is 1.29 bits per heavy atom. The summed E-state index contributed by atoms with van der Waals surface area (Å²) in [5.41, 5.74) is 1.74. The van der Waals surface area contributed by atoms with Crippen LogP contribution in [0.4, 0.5) is 10.2 Å². The van der Waals surface area contributed by atoms with Crippen LogP contribution in [0.5, 0.6) is 5.75 Å². The van der Waals surface area contributed by atoms with E-state index in [1.165, 1.54) is 19.2 Å². The number of nitrogens with one attached hydrogen (secondary N) is 2. The van der Waals surface area contributed by atoms with Gasteiger partial charge in [0.15, 0.2) is 11.4 Å². The molecule has 4 aromatic rings. The maximum Gasteiger partial charge on any atom is 0.295 e. The van der Waals surface area contributed by atoms with Gasteiger partial charge in [0.05, 0.1) is 19.9 Å². The van der Waals surface area contributed by atoms with Gasteiger partial charge in [0, 0.05) is 18.3 Å². The predicted molar refractivity (Wildman–Crippen MR) is 120 cm³/mol. The van der Waals surface area contributed by atoms with Gasteiger partial charge in [-0.3, -0.25) is 14.2 Å². The Morgan fingerprint density at radius 2 is 2.09 bits per heavy atom. The number of fused-ring (bicyclic) bond motifs is 1. The first-order valence-electron chi connectivity index (χ1n) is 9.80. The van der Waals surface area contributed by atoms with Crippen molar-refractivity contribution in [3.05, 3.63) is 65.7 Å². The molecule has 0 bridgehead atoms. The van der Waals surface area contributed by atoms with Crippen molar-refractivity contribution >= 4 is 32.7 Å². The third-order valence-electron chi connectivity index (χ3n) is 4.79. The lowest BCUT2D eigenvalue weighted by Crippen LogP contribution is -2.20. The molecule has 0 saturated heterocycles. The zero-order valence-corrected chi connectivity index (χ0v) is 18.6. The summed E-state index contributed by atoms with van der Waals surface area (Å²) in [6.07, 6.45) is 8.36. The Bertz CT molecular complexity index is 1520. The molecular weight excluding hydrogens is 465 g/mol. The first-order valence-corrected chi connectivity index (χ1v) is 11.3. The monoisotopic (exact) mass is 483 g/mol. The summed E-state index contributed by atoms with van der Waals surface area (Å²) in [6, 6.07) is 8.34. The molecule has 0 unspecified atom stereocenters. The highest BCUT2D eigenvalue weighted by molar-refractivity contribution is 7.92. The van der Waals surface area contributed by atoms with Crippen LogP contribution in [0, 0.1) is 18.2 Å². The Morgan fingerprint density at radius 3 is 2.82 bits per heavy atom. The van der Waals surface area contributed by atoms with Crippen molar-refractivity contribution in [1.82, 2.24) is 20.3 Å². The first kappa shape index (κ1) is 22.8. The fourth-order valence-corrected chi connectivity index (χ4v) is 4.35. The van der Waals surface area contributed by atoms with Crippen molar-refractivity contribution in [2.24, 2.45) is 0 Å². The van der Waals surface area contributed by atoms with Crippen molar-refractivity contribution in [3.63, 3.8) is 0 Å². The van der Waals surface area contributed by atoms with Gasteiger partial charge in [-0.15, -0.1) is 6.42 Å². The van der Waals surface area contributed by atoms with Crippen LogP contribution >= 0.6 is 0 Å². The first-order chi connectivity index (χ1) is 16.3. The van der Waals surface area contributed by atoms with Crippen LogP contribution in [0.15, 0.2) is 58.2 Å². The van der Waals surface area contributed by atoms with Gasteiger partial charge in [-0.05, 0) is 35.7 Å². The number of methoxy groups -OCH3 is 1. The summed E-state index contributed by atoms with van der Waals surface area (Å²) < 4.78 is 54.0. The number of carbonyl (C=O) groups is 1. The molecule has 4 rings (SSSR count). The Kier molecular flexibility index (Phi) is 6.20. The van der Waals surface area contributed by atoms with Crippen LogP contribution in [0.2, 0.25) is 0 Å². The smallest absolute Gasteiger partial charge is 0.295 e. The third kappa shape index (κ3) is 4.69. The van der Waals surface area contributed by atoms with Gasteiger partial charge < -0.3 is 14.6 Å². The van der Waals surface area contributed by atoms with E-state index < -0.39 is 26.6 Å². The van der Waals surface area contributed by atoms with E-state index in [0.717, 1.165) is 23.3 Å². The highest BCUT2D eigenvalue weighted by Crippen LogP contribution is 2.35. The van der Waals surface area contributed by atoms with E-state index in [-0.39, 0.29) is 23.3 Å². The van der Waals surface area contributed by atoms with Crippen molar-refractivity contribution in [2.75, 3.05) is 11.8 Å². The van der Waals surface area contributed by atoms with Gasteiger partial charge in [0.25, 0.3) is 15.9 Å². The van der Waals surface area contributed by atoms with E-state index in [2.05, 4.69) is 20.3 Å². The minimum absolute atomic E-state index is 0.132. The van der Waals surface area contributed by atoms with E-state index in [9.17, 15) is 17.6 Å². The number of terminal acetylenes is 1. The molecule has 2 aromatic carbocycles. The molecule has 0 aliphatic heterocycles. The molecule has 0 spiro atoms. The van der Waals surface area contributed by atoms with Crippen LogP contribution in [-0.4, -0.2) is 36.4 Å². The molecule has 0 fully saturated rings. The lowest BCUT2D eigenvalue weighted by Gasteiger charge is -2.09. The van der Waals surface area contributed by atoms with Gasteiger partial charge >= 0.3 is 0 Å². The summed E-state index contributed by atoms with van der Waals surface area (Å²) >= 11 is 0. The minimum Gasteiger partial charge on any atom is -0.496 e. The number of sulfonamides is 1. The summed E-state index contributed by atoms with van der Waals surface area (Å²) in [5.74, 6) is 0.725. The van der Waals surface area contributed by atoms with Crippen molar-refractivity contribution < 1.29 is 26.9 Å². The molecule has 0 atom stereocenters. The Hall–Kier alpha value is -4.37. The molecule has 1 amide bonds. The average molecular weight is 483 g/mol. The zero-order valence-electron chi connectivity index (χ0n) is 17.8. The molecule has 174 valence electrons. The van der Waals surface area contributed by atoms with Crippen molar-refractivity contribution in [1.29, 1.82) is 0 Å². The number of aromatic nitrogens is 3. The average Bonchev–Trinajstić information content (AvgIpc) is 3.43. The molecule has 10 nitrogen and oxygen atoms in total. The fourth-order valence-electron chi connectivity index (χ4n) is 3.26. The van der Waals surface area contributed by atoms with Crippen molar-refractivity contribution in [3.8, 4) is 18.1 Å². The molecule has 0 aliphatic carbocycles. The van der Waals surface area contributed by atoms with Crippen LogP contribution in [-0.2, 0) is 27.9 Å². The van der Waals surface area contributed by atoms with Gasteiger partial charge in [0.2, 0.25) is 0 Å². The van der Waals surface area contributed by atoms with Crippen LogP contribution in [0.25, 0.3) is 11.0 Å². The Labute approximate surface area is 193 Å². The summed E-state index contributed by atoms with van der Waals surface area (Å²) in [4.78, 5) is 10.7. The van der Waals surface area contributed by atoms with Crippen LogP contribution in [0.3, 0.4) is 0 Å². The van der Waals surface area contributed by atoms with E-state index in [4.69, 9.17) is 15.7 Å². The number of halogens is 1. The molecule has 0 radical (unpaired) electrons. The van der Waals surface area contributed by atoms with Gasteiger partial charge in [-0.2, -0.15) is 5.10 Å². The largest absolute Gasteiger partial charge is 0.496 e. The van der Waals surface area contributed by atoms with E-state index in [1.807, 2.05) is 5.92 Å². The molecular formula is C22H18FN5O5S. The molecule has 2 heterocycles. The predicted octanol–water partition coefficient (Wildman–Crippen LogP) is 2.27. The topological polar surface area (TPSA) is 128 Å². The van der Waals surface area contributed by atoms with E-state index in [0.29, 0.717) is 12.3 Å². The quantitative estimate of drug-likeness (QED) is 0.368. The lowest BCUT2D eigenvalue weighted by molar-refractivity contribution is -0.115. The molecule has 0 aliphatic rings. The fraction of sp³-hybridized carbons (Fsp3) is 0.136. The number of anilines is 1.